The van der Waals surface area contributed by atoms with E-state index in [0.29, 0.717) is 19.6 Å². The number of nitrogens with zero attached hydrogens (tertiary/aromatic N) is 1. The van der Waals surface area contributed by atoms with Gasteiger partial charge in [0.2, 0.25) is 11.8 Å². The minimum atomic E-state index is -0.384. The van der Waals surface area contributed by atoms with Crippen molar-refractivity contribution in [1.82, 2.24) is 10.2 Å². The summed E-state index contributed by atoms with van der Waals surface area (Å²) in [6, 6.07) is -0.734. The van der Waals surface area contributed by atoms with Gasteiger partial charge in [0.1, 0.15) is 12.1 Å². The summed E-state index contributed by atoms with van der Waals surface area (Å²) in [6.07, 6.45) is 4.12. The molecule has 5 nitrogen and oxygen atoms in total. The molecule has 2 atom stereocenters. The van der Waals surface area contributed by atoms with E-state index in [1.807, 2.05) is 6.92 Å². The first-order chi connectivity index (χ1) is 9.13. The first-order valence-electron chi connectivity index (χ1n) is 7.32. The Kier molecular flexibility index (Phi) is 4.80. The molecular formula is C14H24N2O3. The molecule has 1 aliphatic carbocycles. The van der Waals surface area contributed by atoms with Crippen LogP contribution in [0.5, 0.6) is 0 Å². The number of nitrogens with one attached hydrogen (secondary N) is 1. The van der Waals surface area contributed by atoms with E-state index in [9.17, 15) is 9.59 Å². The van der Waals surface area contributed by atoms with Gasteiger partial charge in [-0.25, -0.2) is 0 Å². The van der Waals surface area contributed by atoms with Crippen LogP contribution in [-0.4, -0.2) is 48.6 Å². The number of ether oxygens (including phenoxy) is 1. The van der Waals surface area contributed by atoms with Crippen LogP contribution in [0.25, 0.3) is 0 Å². The minimum Gasteiger partial charge on any atom is -0.379 e. The summed E-state index contributed by atoms with van der Waals surface area (Å²) in [5, 5.41) is 2.79. The van der Waals surface area contributed by atoms with Crippen LogP contribution >= 0.6 is 0 Å². The van der Waals surface area contributed by atoms with Gasteiger partial charge in [-0.2, -0.15) is 0 Å². The first kappa shape index (κ1) is 14.3. The standard InChI is InChI=1S/C14H24N2O3/c1-3-4-12-14(18)16(10(2)13(17)15-12)7-8-19-9-11-5-6-11/h10-12H,3-9H2,1-2H3,(H,15,17). The maximum absolute atomic E-state index is 12.3. The van der Waals surface area contributed by atoms with Crippen LogP contribution in [0.4, 0.5) is 0 Å². The SMILES string of the molecule is CCCC1NC(=O)C(C)N(CCOCC2CC2)C1=O. The van der Waals surface area contributed by atoms with Crippen LogP contribution in [0.1, 0.15) is 39.5 Å². The molecule has 1 heterocycles. The Bertz CT molecular complexity index is 342. The summed E-state index contributed by atoms with van der Waals surface area (Å²) in [7, 11) is 0. The highest BCUT2D eigenvalue weighted by molar-refractivity contribution is 5.96. The highest BCUT2D eigenvalue weighted by atomic mass is 16.5. The summed E-state index contributed by atoms with van der Waals surface area (Å²) in [5.74, 6) is 0.704. The van der Waals surface area contributed by atoms with E-state index in [0.717, 1.165) is 18.9 Å². The Morgan fingerprint density at radius 3 is 2.74 bits per heavy atom. The fraction of sp³-hybridized carbons (Fsp3) is 0.857. The van der Waals surface area contributed by atoms with Crippen molar-refractivity contribution < 1.29 is 14.3 Å². The first-order valence-corrected chi connectivity index (χ1v) is 7.32. The highest BCUT2D eigenvalue weighted by Crippen LogP contribution is 2.28. The summed E-state index contributed by atoms with van der Waals surface area (Å²) >= 11 is 0. The zero-order chi connectivity index (χ0) is 13.8. The van der Waals surface area contributed by atoms with Crippen molar-refractivity contribution in [3.05, 3.63) is 0 Å². The van der Waals surface area contributed by atoms with E-state index in [4.69, 9.17) is 4.74 Å². The van der Waals surface area contributed by atoms with Gasteiger partial charge >= 0.3 is 0 Å². The minimum absolute atomic E-state index is 0.0315. The van der Waals surface area contributed by atoms with Gasteiger partial charge in [0, 0.05) is 13.2 Å². The van der Waals surface area contributed by atoms with Gasteiger partial charge in [-0.3, -0.25) is 9.59 Å². The topological polar surface area (TPSA) is 58.6 Å². The van der Waals surface area contributed by atoms with Gasteiger partial charge in [0.25, 0.3) is 0 Å². The lowest BCUT2D eigenvalue weighted by Gasteiger charge is -2.37. The smallest absolute Gasteiger partial charge is 0.245 e. The average molecular weight is 268 g/mol. The van der Waals surface area contributed by atoms with Crippen LogP contribution in [0.2, 0.25) is 0 Å². The number of rotatable bonds is 7. The molecule has 0 aromatic heterocycles. The van der Waals surface area contributed by atoms with Crippen molar-refractivity contribution in [3.8, 4) is 0 Å². The van der Waals surface area contributed by atoms with Crippen LogP contribution in [0, 0.1) is 5.92 Å². The van der Waals surface area contributed by atoms with E-state index in [2.05, 4.69) is 5.32 Å². The molecular weight excluding hydrogens is 244 g/mol. The second-order valence-corrected chi connectivity index (χ2v) is 5.58. The lowest BCUT2D eigenvalue weighted by molar-refractivity contribution is -0.149. The highest BCUT2D eigenvalue weighted by Gasteiger charge is 2.37. The second-order valence-electron chi connectivity index (χ2n) is 5.58. The molecule has 5 heteroatoms. The zero-order valence-electron chi connectivity index (χ0n) is 11.9. The molecule has 2 unspecified atom stereocenters. The summed E-state index contributed by atoms with van der Waals surface area (Å²) in [5.41, 5.74) is 0. The fourth-order valence-corrected chi connectivity index (χ4v) is 2.37. The number of piperazine rings is 1. The molecule has 1 N–H and O–H groups in total. The van der Waals surface area contributed by atoms with Crippen molar-refractivity contribution in [2.24, 2.45) is 5.92 Å². The van der Waals surface area contributed by atoms with Crippen molar-refractivity contribution in [2.75, 3.05) is 19.8 Å². The summed E-state index contributed by atoms with van der Waals surface area (Å²) in [6.45, 7) is 5.62. The lowest BCUT2D eigenvalue weighted by atomic mass is 10.0. The maximum atomic E-state index is 12.3. The molecule has 2 fully saturated rings. The Labute approximate surface area is 114 Å². The van der Waals surface area contributed by atoms with Gasteiger partial charge in [-0.05, 0) is 32.1 Å². The quantitative estimate of drug-likeness (QED) is 0.699. The predicted octanol–water partition coefficient (Wildman–Crippen LogP) is 0.929. The van der Waals surface area contributed by atoms with Gasteiger partial charge < -0.3 is 15.0 Å². The largest absolute Gasteiger partial charge is 0.379 e. The normalized spacial score (nSPS) is 27.6. The van der Waals surface area contributed by atoms with E-state index in [-0.39, 0.29) is 23.9 Å². The van der Waals surface area contributed by atoms with Crippen molar-refractivity contribution in [2.45, 2.75) is 51.6 Å². The molecule has 2 rings (SSSR count). The zero-order valence-corrected chi connectivity index (χ0v) is 11.9. The molecule has 0 radical (unpaired) electrons. The van der Waals surface area contributed by atoms with Crippen molar-refractivity contribution >= 4 is 11.8 Å². The Hall–Kier alpha value is -1.10. The molecule has 0 bridgehead atoms. The number of hydrogen-bond acceptors (Lipinski definition) is 3. The molecule has 2 amide bonds. The molecule has 108 valence electrons. The summed E-state index contributed by atoms with van der Waals surface area (Å²) in [4.78, 5) is 25.8. The molecule has 19 heavy (non-hydrogen) atoms. The third-order valence-electron chi connectivity index (χ3n) is 3.85. The predicted molar refractivity (Wildman–Crippen MR) is 71.6 cm³/mol. The fourth-order valence-electron chi connectivity index (χ4n) is 2.37. The Morgan fingerprint density at radius 2 is 2.11 bits per heavy atom. The Balaban J connectivity index is 1.83. The number of carbonyl (C=O) groups excluding carboxylic acids is 2. The van der Waals surface area contributed by atoms with Crippen LogP contribution < -0.4 is 5.32 Å². The Morgan fingerprint density at radius 1 is 1.37 bits per heavy atom. The maximum Gasteiger partial charge on any atom is 0.245 e. The molecule has 0 aromatic rings. The van der Waals surface area contributed by atoms with E-state index >= 15 is 0 Å². The van der Waals surface area contributed by atoms with Crippen LogP contribution in [0.15, 0.2) is 0 Å². The van der Waals surface area contributed by atoms with E-state index < -0.39 is 0 Å². The number of carbonyl (C=O) groups is 2. The third kappa shape index (κ3) is 3.69. The van der Waals surface area contributed by atoms with E-state index in [1.54, 1.807) is 11.8 Å². The van der Waals surface area contributed by atoms with Gasteiger partial charge in [0.15, 0.2) is 0 Å². The van der Waals surface area contributed by atoms with Gasteiger partial charge in [-0.1, -0.05) is 13.3 Å². The van der Waals surface area contributed by atoms with Crippen LogP contribution in [0.3, 0.4) is 0 Å². The van der Waals surface area contributed by atoms with Crippen molar-refractivity contribution in [3.63, 3.8) is 0 Å². The molecule has 1 aliphatic heterocycles. The molecule has 1 saturated carbocycles. The molecule has 2 aliphatic rings. The van der Waals surface area contributed by atoms with Gasteiger partial charge in [0.05, 0.1) is 6.61 Å². The number of amides is 2. The van der Waals surface area contributed by atoms with Gasteiger partial charge in [-0.15, -0.1) is 0 Å². The van der Waals surface area contributed by atoms with Crippen LogP contribution in [-0.2, 0) is 14.3 Å². The average Bonchev–Trinajstić information content (AvgIpc) is 3.19. The number of hydrogen-bond donors (Lipinski definition) is 1. The monoisotopic (exact) mass is 268 g/mol. The van der Waals surface area contributed by atoms with E-state index in [1.165, 1.54) is 12.8 Å². The summed E-state index contributed by atoms with van der Waals surface area (Å²) < 4.78 is 5.56. The van der Waals surface area contributed by atoms with Crippen molar-refractivity contribution in [1.29, 1.82) is 0 Å². The molecule has 0 aromatic carbocycles. The third-order valence-corrected chi connectivity index (χ3v) is 3.85. The lowest BCUT2D eigenvalue weighted by Crippen LogP contribution is -2.62. The molecule has 1 saturated heterocycles. The molecule has 0 spiro atoms. The second kappa shape index (κ2) is 6.37.